The summed E-state index contributed by atoms with van der Waals surface area (Å²) in [6.45, 7) is 1.12. The third-order valence-corrected chi connectivity index (χ3v) is 7.84. The Hall–Kier alpha value is -3.29. The molecule has 1 saturated heterocycles. The van der Waals surface area contributed by atoms with Crippen molar-refractivity contribution in [3.05, 3.63) is 78.5 Å². The Labute approximate surface area is 186 Å². The van der Waals surface area contributed by atoms with Crippen LogP contribution >= 0.6 is 0 Å². The molecule has 0 radical (unpaired) electrons. The minimum absolute atomic E-state index is 0.246. The average Bonchev–Trinajstić information content (AvgIpc) is 2.84. The fourth-order valence-corrected chi connectivity index (χ4v) is 5.78. The van der Waals surface area contributed by atoms with E-state index in [0.29, 0.717) is 29.9 Å². The van der Waals surface area contributed by atoms with Crippen molar-refractivity contribution in [3.63, 3.8) is 0 Å². The van der Waals surface area contributed by atoms with Crippen LogP contribution in [0.25, 0.3) is 21.7 Å². The summed E-state index contributed by atoms with van der Waals surface area (Å²) in [5, 5.41) is 5.80. The number of hydrogen-bond acceptors (Lipinski definition) is 4. The summed E-state index contributed by atoms with van der Waals surface area (Å²) in [5.41, 5.74) is 1.64. The fraction of sp³-hybridized carbons (Fsp3) is 0.200. The molecule has 1 aliphatic rings. The standard InChI is InChI=1S/C25H23N3O3S/c29-25(23-17-18-7-2-3-8-21(18)22-9-6-14-26-24(22)23)27-19-10-12-20(13-11-19)32(30,31)28-15-4-1-5-16-28/h2-3,6-14,17H,1,4-5,15-16H2,(H,27,29). The molecule has 5 rings (SSSR count). The summed E-state index contributed by atoms with van der Waals surface area (Å²) in [4.78, 5) is 17.8. The summed E-state index contributed by atoms with van der Waals surface area (Å²) < 4.78 is 27.2. The largest absolute Gasteiger partial charge is 0.322 e. The van der Waals surface area contributed by atoms with Crippen molar-refractivity contribution < 1.29 is 13.2 Å². The maximum absolute atomic E-state index is 13.1. The van der Waals surface area contributed by atoms with E-state index in [2.05, 4.69) is 10.3 Å². The van der Waals surface area contributed by atoms with Crippen LogP contribution < -0.4 is 5.32 Å². The number of carbonyl (C=O) groups excluding carboxylic acids is 1. The summed E-state index contributed by atoms with van der Waals surface area (Å²) in [7, 11) is -3.50. The Morgan fingerprint density at radius 3 is 2.38 bits per heavy atom. The third kappa shape index (κ3) is 3.74. The first-order chi connectivity index (χ1) is 15.5. The van der Waals surface area contributed by atoms with E-state index in [1.807, 2.05) is 42.5 Å². The van der Waals surface area contributed by atoms with Crippen LogP contribution in [-0.2, 0) is 10.0 Å². The lowest BCUT2D eigenvalue weighted by Crippen LogP contribution is -2.35. The number of nitrogens with zero attached hydrogens (tertiary/aromatic N) is 2. The number of piperidine rings is 1. The summed E-state index contributed by atoms with van der Waals surface area (Å²) in [6, 6.07) is 19.9. The van der Waals surface area contributed by atoms with E-state index in [1.165, 1.54) is 4.31 Å². The zero-order valence-corrected chi connectivity index (χ0v) is 18.3. The quantitative estimate of drug-likeness (QED) is 0.457. The van der Waals surface area contributed by atoms with Gasteiger partial charge in [0.25, 0.3) is 5.91 Å². The van der Waals surface area contributed by atoms with Crippen molar-refractivity contribution in [2.75, 3.05) is 18.4 Å². The van der Waals surface area contributed by atoms with Crippen molar-refractivity contribution in [2.24, 2.45) is 0 Å². The zero-order chi connectivity index (χ0) is 22.1. The van der Waals surface area contributed by atoms with Crippen molar-refractivity contribution in [1.29, 1.82) is 0 Å². The van der Waals surface area contributed by atoms with Crippen LogP contribution in [0.2, 0.25) is 0 Å². The lowest BCUT2D eigenvalue weighted by molar-refractivity contribution is 0.102. The van der Waals surface area contributed by atoms with Gasteiger partial charge < -0.3 is 5.32 Å². The molecule has 0 aliphatic carbocycles. The van der Waals surface area contributed by atoms with Crippen LogP contribution in [0.1, 0.15) is 29.6 Å². The first kappa shape index (κ1) is 20.6. The minimum Gasteiger partial charge on any atom is -0.322 e. The monoisotopic (exact) mass is 445 g/mol. The molecule has 1 aliphatic heterocycles. The second kappa shape index (κ2) is 8.33. The average molecular weight is 446 g/mol. The van der Waals surface area contributed by atoms with E-state index >= 15 is 0 Å². The molecule has 4 aromatic rings. The number of hydrogen-bond donors (Lipinski definition) is 1. The molecule has 1 amide bonds. The first-order valence-corrected chi connectivity index (χ1v) is 12.2. The number of pyridine rings is 1. The molecular formula is C25H23N3O3S. The van der Waals surface area contributed by atoms with Gasteiger partial charge in [0.05, 0.1) is 16.0 Å². The molecule has 0 spiro atoms. The molecular weight excluding hydrogens is 422 g/mol. The highest BCUT2D eigenvalue weighted by molar-refractivity contribution is 7.89. The molecule has 7 heteroatoms. The molecule has 1 aromatic heterocycles. The predicted octanol–water partition coefficient (Wildman–Crippen LogP) is 4.81. The van der Waals surface area contributed by atoms with Gasteiger partial charge in [0.1, 0.15) is 0 Å². The highest BCUT2D eigenvalue weighted by atomic mass is 32.2. The summed E-state index contributed by atoms with van der Waals surface area (Å²) in [5.74, 6) is -0.286. The van der Waals surface area contributed by atoms with Crippen LogP contribution in [-0.4, -0.2) is 36.7 Å². The first-order valence-electron chi connectivity index (χ1n) is 10.7. The van der Waals surface area contributed by atoms with Gasteiger partial charge >= 0.3 is 0 Å². The van der Waals surface area contributed by atoms with Gasteiger partial charge in [-0.05, 0) is 60.0 Å². The number of sulfonamides is 1. The van der Waals surface area contributed by atoms with E-state index in [9.17, 15) is 13.2 Å². The molecule has 0 bridgehead atoms. The summed E-state index contributed by atoms with van der Waals surface area (Å²) >= 11 is 0. The predicted molar refractivity (Wildman–Crippen MR) is 126 cm³/mol. The van der Waals surface area contributed by atoms with Crippen molar-refractivity contribution >= 4 is 43.3 Å². The number of fused-ring (bicyclic) bond motifs is 3. The highest BCUT2D eigenvalue weighted by Gasteiger charge is 2.25. The molecule has 1 fully saturated rings. The maximum atomic E-state index is 13.1. The van der Waals surface area contributed by atoms with E-state index in [0.717, 1.165) is 35.4 Å². The molecule has 0 unspecified atom stereocenters. The number of aromatic nitrogens is 1. The normalized spacial score (nSPS) is 15.1. The number of rotatable bonds is 4. The Kier molecular flexibility index (Phi) is 5.36. The van der Waals surface area contributed by atoms with E-state index in [4.69, 9.17) is 0 Å². The van der Waals surface area contributed by atoms with Gasteiger partial charge in [-0.2, -0.15) is 4.31 Å². The summed E-state index contributed by atoms with van der Waals surface area (Å²) in [6.07, 6.45) is 4.52. The Morgan fingerprint density at radius 1 is 0.875 bits per heavy atom. The number of benzene rings is 3. The SMILES string of the molecule is O=C(Nc1ccc(S(=O)(=O)N2CCCCC2)cc1)c1cc2ccccc2c2cccnc12. The minimum atomic E-state index is -3.50. The van der Waals surface area contributed by atoms with Crippen molar-refractivity contribution in [2.45, 2.75) is 24.2 Å². The molecule has 0 atom stereocenters. The van der Waals surface area contributed by atoms with E-state index < -0.39 is 10.0 Å². The second-order valence-electron chi connectivity index (χ2n) is 7.99. The van der Waals surface area contributed by atoms with Crippen LogP contribution in [0, 0.1) is 0 Å². The molecule has 1 N–H and O–H groups in total. The van der Waals surface area contributed by atoms with Crippen molar-refractivity contribution in [1.82, 2.24) is 9.29 Å². The lowest BCUT2D eigenvalue weighted by atomic mass is 10.0. The van der Waals surface area contributed by atoms with Crippen LogP contribution in [0.5, 0.6) is 0 Å². The molecule has 2 heterocycles. The number of carbonyl (C=O) groups is 1. The van der Waals surface area contributed by atoms with Gasteiger partial charge in [-0.25, -0.2) is 8.42 Å². The smallest absolute Gasteiger partial charge is 0.257 e. The van der Waals surface area contributed by atoms with Gasteiger partial charge in [-0.15, -0.1) is 0 Å². The Bertz CT molecular complexity index is 1410. The number of anilines is 1. The highest BCUT2D eigenvalue weighted by Crippen LogP contribution is 2.28. The molecule has 6 nitrogen and oxygen atoms in total. The lowest BCUT2D eigenvalue weighted by Gasteiger charge is -2.25. The second-order valence-corrected chi connectivity index (χ2v) is 9.93. The van der Waals surface area contributed by atoms with Gasteiger partial charge in [-0.3, -0.25) is 9.78 Å². The van der Waals surface area contributed by atoms with E-state index in [1.54, 1.807) is 30.5 Å². The maximum Gasteiger partial charge on any atom is 0.257 e. The molecule has 32 heavy (non-hydrogen) atoms. The number of nitrogens with one attached hydrogen (secondary N) is 1. The Morgan fingerprint density at radius 2 is 1.59 bits per heavy atom. The van der Waals surface area contributed by atoms with Crippen LogP contribution in [0.15, 0.2) is 77.8 Å². The topological polar surface area (TPSA) is 79.4 Å². The van der Waals surface area contributed by atoms with Crippen molar-refractivity contribution in [3.8, 4) is 0 Å². The molecule has 0 saturated carbocycles. The molecule has 3 aromatic carbocycles. The Balaban J connectivity index is 1.43. The number of amides is 1. The van der Waals surface area contributed by atoms with E-state index in [-0.39, 0.29) is 10.8 Å². The zero-order valence-electron chi connectivity index (χ0n) is 17.5. The third-order valence-electron chi connectivity index (χ3n) is 5.92. The van der Waals surface area contributed by atoms with Gasteiger partial charge in [0.2, 0.25) is 10.0 Å². The van der Waals surface area contributed by atoms with Gasteiger partial charge in [0, 0.05) is 30.4 Å². The molecule has 162 valence electrons. The van der Waals surface area contributed by atoms with Gasteiger partial charge in [-0.1, -0.05) is 36.8 Å². The van der Waals surface area contributed by atoms with Crippen LogP contribution in [0.3, 0.4) is 0 Å². The fourth-order valence-electron chi connectivity index (χ4n) is 4.27. The van der Waals surface area contributed by atoms with Gasteiger partial charge in [0.15, 0.2) is 0 Å². The van der Waals surface area contributed by atoms with Crippen LogP contribution in [0.4, 0.5) is 5.69 Å².